The van der Waals surface area contributed by atoms with E-state index in [2.05, 4.69) is 45.1 Å². The second kappa shape index (κ2) is 8.18. The number of hydrogen-bond donors (Lipinski definition) is 1. The predicted octanol–water partition coefficient (Wildman–Crippen LogP) is 3.33. The fraction of sp³-hybridized carbons (Fsp3) is 0.625. The molecular formula is C16H27NO2. The highest BCUT2D eigenvalue weighted by molar-refractivity contribution is 5.38. The molecule has 0 aliphatic rings. The van der Waals surface area contributed by atoms with Crippen molar-refractivity contribution in [2.45, 2.75) is 33.7 Å². The summed E-state index contributed by atoms with van der Waals surface area (Å²) in [5.41, 5.74) is 2.45. The van der Waals surface area contributed by atoms with E-state index >= 15 is 0 Å². The third kappa shape index (κ3) is 5.62. The maximum Gasteiger partial charge on any atom is 0.123 e. The van der Waals surface area contributed by atoms with Crippen molar-refractivity contribution in [3.05, 3.63) is 29.3 Å². The lowest BCUT2D eigenvalue weighted by atomic mass is 10.0. The molecule has 0 amide bonds. The minimum absolute atomic E-state index is 0.262. The van der Waals surface area contributed by atoms with E-state index in [4.69, 9.17) is 9.47 Å². The monoisotopic (exact) mass is 265 g/mol. The van der Waals surface area contributed by atoms with E-state index in [0.29, 0.717) is 5.92 Å². The number of ether oxygens (including phenoxy) is 2. The van der Waals surface area contributed by atoms with E-state index < -0.39 is 0 Å². The molecule has 1 rings (SSSR count). The van der Waals surface area contributed by atoms with Crippen LogP contribution in [0.15, 0.2) is 18.2 Å². The van der Waals surface area contributed by atoms with Gasteiger partial charge in [0.2, 0.25) is 0 Å². The van der Waals surface area contributed by atoms with E-state index in [9.17, 15) is 0 Å². The Hall–Kier alpha value is -1.06. The Labute approximate surface area is 117 Å². The highest BCUT2D eigenvalue weighted by atomic mass is 16.5. The average Bonchev–Trinajstić information content (AvgIpc) is 2.37. The minimum Gasteiger partial charge on any atom is -0.496 e. The zero-order valence-corrected chi connectivity index (χ0v) is 12.8. The lowest BCUT2D eigenvalue weighted by molar-refractivity contribution is 0.110. The summed E-state index contributed by atoms with van der Waals surface area (Å²) in [5.74, 6) is 1.53. The Morgan fingerprint density at radius 3 is 2.58 bits per heavy atom. The van der Waals surface area contributed by atoms with E-state index in [1.807, 2.05) is 6.07 Å². The molecule has 0 aliphatic carbocycles. The van der Waals surface area contributed by atoms with Crippen LogP contribution >= 0.6 is 0 Å². The van der Waals surface area contributed by atoms with Crippen molar-refractivity contribution >= 4 is 0 Å². The van der Waals surface area contributed by atoms with Crippen LogP contribution in [0.5, 0.6) is 5.75 Å². The highest BCUT2D eigenvalue weighted by Gasteiger charge is 2.10. The lowest BCUT2D eigenvalue weighted by Gasteiger charge is -2.18. The molecule has 1 aromatic carbocycles. The standard InChI is InChI=1S/C16H27NO2/c1-12(2)11-19-9-8-17-14(4)15-10-13(3)6-7-16(15)18-5/h6-7,10,12,14,17H,8-9,11H2,1-5H3. The van der Waals surface area contributed by atoms with Gasteiger partial charge < -0.3 is 14.8 Å². The van der Waals surface area contributed by atoms with Crippen LogP contribution in [0.2, 0.25) is 0 Å². The second-order valence-corrected chi connectivity index (χ2v) is 5.39. The Bertz CT molecular complexity index is 377. The second-order valence-electron chi connectivity index (χ2n) is 5.39. The van der Waals surface area contributed by atoms with E-state index in [-0.39, 0.29) is 6.04 Å². The molecular weight excluding hydrogens is 238 g/mol. The molecule has 0 fully saturated rings. The van der Waals surface area contributed by atoms with Gasteiger partial charge in [0, 0.05) is 24.8 Å². The van der Waals surface area contributed by atoms with Crippen molar-refractivity contribution in [3.8, 4) is 5.75 Å². The van der Waals surface area contributed by atoms with E-state index in [1.54, 1.807) is 7.11 Å². The van der Waals surface area contributed by atoms with Crippen molar-refractivity contribution < 1.29 is 9.47 Å². The average molecular weight is 265 g/mol. The maximum absolute atomic E-state index is 5.57. The summed E-state index contributed by atoms with van der Waals surface area (Å²) < 4.78 is 11.0. The number of hydrogen-bond acceptors (Lipinski definition) is 3. The molecule has 3 nitrogen and oxygen atoms in total. The normalized spacial score (nSPS) is 12.7. The van der Waals surface area contributed by atoms with Gasteiger partial charge in [-0.3, -0.25) is 0 Å². The first-order valence-electron chi connectivity index (χ1n) is 7.00. The zero-order valence-electron chi connectivity index (χ0n) is 12.8. The molecule has 1 N–H and O–H groups in total. The van der Waals surface area contributed by atoms with Gasteiger partial charge in [-0.1, -0.05) is 31.5 Å². The molecule has 1 atom stereocenters. The first-order chi connectivity index (χ1) is 9.04. The number of methoxy groups -OCH3 is 1. The van der Waals surface area contributed by atoms with Crippen LogP contribution in [0, 0.1) is 12.8 Å². The fourth-order valence-corrected chi connectivity index (χ4v) is 1.97. The van der Waals surface area contributed by atoms with Gasteiger partial charge in [-0.15, -0.1) is 0 Å². The van der Waals surface area contributed by atoms with Crippen LogP contribution in [0.1, 0.15) is 37.9 Å². The number of nitrogens with one attached hydrogen (secondary N) is 1. The van der Waals surface area contributed by atoms with Crippen LogP contribution < -0.4 is 10.1 Å². The van der Waals surface area contributed by atoms with Crippen LogP contribution in [0.25, 0.3) is 0 Å². The van der Waals surface area contributed by atoms with Gasteiger partial charge in [0.15, 0.2) is 0 Å². The molecule has 3 heteroatoms. The number of benzene rings is 1. The van der Waals surface area contributed by atoms with Crippen LogP contribution in [-0.2, 0) is 4.74 Å². The van der Waals surface area contributed by atoms with Crippen molar-refractivity contribution in [3.63, 3.8) is 0 Å². The van der Waals surface area contributed by atoms with E-state index in [1.165, 1.54) is 11.1 Å². The summed E-state index contributed by atoms with van der Waals surface area (Å²) in [5, 5.41) is 3.47. The summed E-state index contributed by atoms with van der Waals surface area (Å²) in [6.07, 6.45) is 0. The minimum atomic E-state index is 0.262. The third-order valence-corrected chi connectivity index (χ3v) is 3.00. The summed E-state index contributed by atoms with van der Waals surface area (Å²) in [6, 6.07) is 6.53. The number of aryl methyl sites for hydroxylation is 1. The van der Waals surface area contributed by atoms with E-state index in [0.717, 1.165) is 25.5 Å². The van der Waals surface area contributed by atoms with Crippen molar-refractivity contribution in [2.75, 3.05) is 26.9 Å². The third-order valence-electron chi connectivity index (χ3n) is 3.00. The van der Waals surface area contributed by atoms with Gasteiger partial charge >= 0.3 is 0 Å². The van der Waals surface area contributed by atoms with Gasteiger partial charge in [-0.2, -0.15) is 0 Å². The van der Waals surface area contributed by atoms with Crippen LogP contribution in [0.3, 0.4) is 0 Å². The zero-order chi connectivity index (χ0) is 14.3. The van der Waals surface area contributed by atoms with Gasteiger partial charge in [0.05, 0.1) is 13.7 Å². The molecule has 0 aromatic heterocycles. The first-order valence-corrected chi connectivity index (χ1v) is 7.00. The smallest absolute Gasteiger partial charge is 0.123 e. The predicted molar refractivity (Wildman–Crippen MR) is 79.8 cm³/mol. The van der Waals surface area contributed by atoms with Gasteiger partial charge in [-0.05, 0) is 25.8 Å². The lowest BCUT2D eigenvalue weighted by Crippen LogP contribution is -2.24. The molecule has 0 bridgehead atoms. The Kier molecular flexibility index (Phi) is 6.89. The summed E-state index contributed by atoms with van der Waals surface area (Å²) in [6.45, 7) is 11.0. The molecule has 1 unspecified atom stereocenters. The Morgan fingerprint density at radius 1 is 1.21 bits per heavy atom. The van der Waals surface area contributed by atoms with Crippen molar-refractivity contribution in [2.24, 2.45) is 5.92 Å². The molecule has 0 radical (unpaired) electrons. The molecule has 0 saturated carbocycles. The van der Waals surface area contributed by atoms with Crippen molar-refractivity contribution in [1.82, 2.24) is 5.32 Å². The fourth-order valence-electron chi connectivity index (χ4n) is 1.97. The molecule has 0 saturated heterocycles. The van der Waals surface area contributed by atoms with Gasteiger partial charge in [0.1, 0.15) is 5.75 Å². The maximum atomic E-state index is 5.57. The van der Waals surface area contributed by atoms with Gasteiger partial charge in [-0.25, -0.2) is 0 Å². The van der Waals surface area contributed by atoms with Gasteiger partial charge in [0.25, 0.3) is 0 Å². The summed E-state index contributed by atoms with van der Waals surface area (Å²) in [7, 11) is 1.71. The molecule has 19 heavy (non-hydrogen) atoms. The SMILES string of the molecule is COc1ccc(C)cc1C(C)NCCOCC(C)C. The summed E-state index contributed by atoms with van der Waals surface area (Å²) >= 11 is 0. The Balaban J connectivity index is 2.44. The van der Waals surface area contributed by atoms with Crippen LogP contribution in [0.4, 0.5) is 0 Å². The number of rotatable bonds is 8. The molecule has 1 aromatic rings. The Morgan fingerprint density at radius 2 is 1.95 bits per heavy atom. The molecule has 0 heterocycles. The quantitative estimate of drug-likeness (QED) is 0.731. The topological polar surface area (TPSA) is 30.5 Å². The molecule has 0 aliphatic heterocycles. The molecule has 108 valence electrons. The summed E-state index contributed by atoms with van der Waals surface area (Å²) in [4.78, 5) is 0. The highest BCUT2D eigenvalue weighted by Crippen LogP contribution is 2.25. The first kappa shape index (κ1) is 16.0. The van der Waals surface area contributed by atoms with Crippen LogP contribution in [-0.4, -0.2) is 26.9 Å². The van der Waals surface area contributed by atoms with Crippen molar-refractivity contribution in [1.29, 1.82) is 0 Å². The largest absolute Gasteiger partial charge is 0.496 e. The molecule has 0 spiro atoms.